The third-order valence-electron chi connectivity index (χ3n) is 4.38. The molecule has 0 aromatic heterocycles. The van der Waals surface area contributed by atoms with Crippen LogP contribution in [0.1, 0.15) is 63.0 Å². The van der Waals surface area contributed by atoms with Crippen molar-refractivity contribution >= 4 is 0 Å². The monoisotopic (exact) mass is 245 g/mol. The van der Waals surface area contributed by atoms with Crippen molar-refractivity contribution in [2.45, 2.75) is 64.3 Å². The van der Waals surface area contributed by atoms with Gasteiger partial charge >= 0.3 is 0 Å². The van der Waals surface area contributed by atoms with Crippen molar-refractivity contribution in [2.75, 3.05) is 0 Å². The summed E-state index contributed by atoms with van der Waals surface area (Å²) in [5, 5.41) is 0. The van der Waals surface area contributed by atoms with Crippen LogP contribution in [0.25, 0.3) is 0 Å². The molecule has 1 fully saturated rings. The Bertz CT molecular complexity index is 346. The highest BCUT2D eigenvalue weighted by molar-refractivity contribution is 5.26. The van der Waals surface area contributed by atoms with Crippen molar-refractivity contribution in [3.05, 3.63) is 35.4 Å². The van der Waals surface area contributed by atoms with Crippen LogP contribution in [0, 0.1) is 5.92 Å². The number of nitrogens with two attached hydrogens (primary N) is 1. The van der Waals surface area contributed by atoms with E-state index < -0.39 is 0 Å². The zero-order valence-corrected chi connectivity index (χ0v) is 11.9. The van der Waals surface area contributed by atoms with Gasteiger partial charge in [-0.1, -0.05) is 57.4 Å². The SMILES string of the molecule is CC(C)C(N)Cc1ccc(C2CCCCC2)cc1. The summed E-state index contributed by atoms with van der Waals surface area (Å²) in [4.78, 5) is 0. The molecular formula is C17H27N. The van der Waals surface area contributed by atoms with Gasteiger partial charge in [0.2, 0.25) is 0 Å². The third kappa shape index (κ3) is 3.58. The van der Waals surface area contributed by atoms with Crippen LogP contribution in [0.2, 0.25) is 0 Å². The van der Waals surface area contributed by atoms with Gasteiger partial charge in [0.1, 0.15) is 0 Å². The number of rotatable bonds is 4. The van der Waals surface area contributed by atoms with Crippen LogP contribution in [-0.2, 0) is 6.42 Å². The second kappa shape index (κ2) is 6.38. The molecule has 18 heavy (non-hydrogen) atoms. The number of hydrogen-bond donors (Lipinski definition) is 1. The van der Waals surface area contributed by atoms with Gasteiger partial charge in [0.05, 0.1) is 0 Å². The Hall–Kier alpha value is -0.820. The Kier molecular flexibility index (Phi) is 4.82. The minimum Gasteiger partial charge on any atom is -0.327 e. The average molecular weight is 245 g/mol. The summed E-state index contributed by atoms with van der Waals surface area (Å²) in [6.07, 6.45) is 8.01. The third-order valence-corrected chi connectivity index (χ3v) is 4.38. The first kappa shape index (κ1) is 13.6. The molecule has 1 heteroatoms. The highest BCUT2D eigenvalue weighted by Crippen LogP contribution is 2.32. The predicted octanol–water partition coefficient (Wildman–Crippen LogP) is 4.26. The quantitative estimate of drug-likeness (QED) is 0.842. The summed E-state index contributed by atoms with van der Waals surface area (Å²) in [6, 6.07) is 9.51. The molecule has 1 unspecified atom stereocenters. The van der Waals surface area contributed by atoms with Crippen LogP contribution in [0.3, 0.4) is 0 Å². The van der Waals surface area contributed by atoms with Gasteiger partial charge in [-0.3, -0.25) is 0 Å². The lowest BCUT2D eigenvalue weighted by Crippen LogP contribution is -2.28. The Morgan fingerprint density at radius 1 is 1.06 bits per heavy atom. The van der Waals surface area contributed by atoms with Crippen molar-refractivity contribution in [3.63, 3.8) is 0 Å². The fourth-order valence-corrected chi connectivity index (χ4v) is 2.87. The van der Waals surface area contributed by atoms with Crippen LogP contribution in [-0.4, -0.2) is 6.04 Å². The second-order valence-corrected chi connectivity index (χ2v) is 6.19. The fourth-order valence-electron chi connectivity index (χ4n) is 2.87. The lowest BCUT2D eigenvalue weighted by molar-refractivity contribution is 0.443. The second-order valence-electron chi connectivity index (χ2n) is 6.19. The van der Waals surface area contributed by atoms with Gasteiger partial charge in [-0.25, -0.2) is 0 Å². The Labute approximate surface area is 112 Å². The summed E-state index contributed by atoms with van der Waals surface area (Å²) in [5.41, 5.74) is 9.05. The predicted molar refractivity (Wildman–Crippen MR) is 78.8 cm³/mol. The molecule has 0 bridgehead atoms. The first-order valence-corrected chi connectivity index (χ1v) is 7.51. The molecule has 0 heterocycles. The molecule has 1 aromatic carbocycles. The van der Waals surface area contributed by atoms with Crippen LogP contribution in [0.15, 0.2) is 24.3 Å². The van der Waals surface area contributed by atoms with Crippen LogP contribution < -0.4 is 5.73 Å². The van der Waals surface area contributed by atoms with Gasteiger partial charge in [0.25, 0.3) is 0 Å². The first-order chi connectivity index (χ1) is 8.66. The molecule has 0 amide bonds. The van der Waals surface area contributed by atoms with Gasteiger partial charge in [0.15, 0.2) is 0 Å². The fraction of sp³-hybridized carbons (Fsp3) is 0.647. The van der Waals surface area contributed by atoms with Gasteiger partial charge in [0, 0.05) is 6.04 Å². The smallest absolute Gasteiger partial charge is 0.0102 e. The Morgan fingerprint density at radius 2 is 1.67 bits per heavy atom. The van der Waals surface area contributed by atoms with E-state index in [9.17, 15) is 0 Å². The van der Waals surface area contributed by atoms with Gasteiger partial charge in [-0.15, -0.1) is 0 Å². The summed E-state index contributed by atoms with van der Waals surface area (Å²) in [5.74, 6) is 1.37. The highest BCUT2D eigenvalue weighted by atomic mass is 14.6. The van der Waals surface area contributed by atoms with E-state index in [1.54, 1.807) is 0 Å². The molecule has 1 saturated carbocycles. The zero-order valence-electron chi connectivity index (χ0n) is 11.9. The first-order valence-electron chi connectivity index (χ1n) is 7.51. The lowest BCUT2D eigenvalue weighted by Gasteiger charge is -2.22. The molecule has 1 aliphatic carbocycles. The summed E-state index contributed by atoms with van der Waals surface area (Å²) >= 11 is 0. The normalized spacial score (nSPS) is 19.1. The van der Waals surface area contributed by atoms with Crippen LogP contribution in [0.5, 0.6) is 0 Å². The maximum absolute atomic E-state index is 6.13. The molecule has 100 valence electrons. The molecule has 1 aromatic rings. The molecule has 0 spiro atoms. The molecule has 2 N–H and O–H groups in total. The standard InChI is InChI=1S/C17H27N/c1-13(2)17(18)12-14-8-10-16(11-9-14)15-6-4-3-5-7-15/h8-11,13,15,17H,3-7,12,18H2,1-2H3. The highest BCUT2D eigenvalue weighted by Gasteiger charge is 2.15. The van der Waals surface area contributed by atoms with Crippen molar-refractivity contribution in [3.8, 4) is 0 Å². The maximum Gasteiger partial charge on any atom is 0.0102 e. The number of hydrogen-bond acceptors (Lipinski definition) is 1. The summed E-state index contributed by atoms with van der Waals surface area (Å²) in [7, 11) is 0. The molecule has 1 aliphatic rings. The molecule has 0 aliphatic heterocycles. The van der Waals surface area contributed by atoms with Gasteiger partial charge < -0.3 is 5.73 Å². The van der Waals surface area contributed by atoms with Gasteiger partial charge in [-0.05, 0) is 42.2 Å². The largest absolute Gasteiger partial charge is 0.327 e. The molecule has 0 radical (unpaired) electrons. The molecule has 0 saturated heterocycles. The van der Waals surface area contributed by atoms with E-state index in [0.29, 0.717) is 5.92 Å². The minimum atomic E-state index is 0.283. The number of benzene rings is 1. The average Bonchev–Trinajstić information content (AvgIpc) is 2.40. The summed E-state index contributed by atoms with van der Waals surface area (Å²) < 4.78 is 0. The maximum atomic E-state index is 6.13. The van der Waals surface area contributed by atoms with E-state index in [0.717, 1.165) is 12.3 Å². The Morgan fingerprint density at radius 3 is 2.22 bits per heavy atom. The molecular weight excluding hydrogens is 218 g/mol. The molecule has 1 atom stereocenters. The topological polar surface area (TPSA) is 26.0 Å². The van der Waals surface area contributed by atoms with Crippen molar-refractivity contribution in [1.82, 2.24) is 0 Å². The molecule has 2 rings (SSSR count). The lowest BCUT2D eigenvalue weighted by atomic mass is 9.83. The van der Waals surface area contributed by atoms with Gasteiger partial charge in [-0.2, -0.15) is 0 Å². The van der Waals surface area contributed by atoms with E-state index in [1.165, 1.54) is 43.2 Å². The summed E-state index contributed by atoms with van der Waals surface area (Å²) in [6.45, 7) is 4.39. The van der Waals surface area contributed by atoms with E-state index in [2.05, 4.69) is 38.1 Å². The van der Waals surface area contributed by atoms with Crippen LogP contribution >= 0.6 is 0 Å². The van der Waals surface area contributed by atoms with E-state index in [-0.39, 0.29) is 6.04 Å². The van der Waals surface area contributed by atoms with Crippen molar-refractivity contribution in [2.24, 2.45) is 11.7 Å². The van der Waals surface area contributed by atoms with Crippen molar-refractivity contribution in [1.29, 1.82) is 0 Å². The van der Waals surface area contributed by atoms with E-state index in [4.69, 9.17) is 5.73 Å². The van der Waals surface area contributed by atoms with Crippen LogP contribution in [0.4, 0.5) is 0 Å². The Balaban J connectivity index is 1.96. The van der Waals surface area contributed by atoms with E-state index in [1.807, 2.05) is 0 Å². The van der Waals surface area contributed by atoms with E-state index >= 15 is 0 Å². The molecule has 1 nitrogen and oxygen atoms in total. The zero-order chi connectivity index (χ0) is 13.0. The van der Waals surface area contributed by atoms with Crippen molar-refractivity contribution < 1.29 is 0 Å². The minimum absolute atomic E-state index is 0.283.